The van der Waals surface area contributed by atoms with Crippen molar-refractivity contribution in [3.8, 4) is 0 Å². The number of carbonyl (C=O) groups excluding carboxylic acids is 1. The Balaban J connectivity index is 2.34. The quantitative estimate of drug-likeness (QED) is 0.633. The van der Waals surface area contributed by atoms with Crippen LogP contribution in [0.15, 0.2) is 24.3 Å². The first-order valence-electron chi connectivity index (χ1n) is 5.50. The molecule has 0 unspecified atom stereocenters. The van der Waals surface area contributed by atoms with E-state index in [1.165, 1.54) is 23.9 Å². The van der Waals surface area contributed by atoms with Gasteiger partial charge in [-0.15, -0.1) is 0 Å². The molecule has 0 bridgehead atoms. The smallest absolute Gasteiger partial charge is 0.335 e. The molecule has 0 aromatic heterocycles. The maximum absolute atomic E-state index is 11.4. The van der Waals surface area contributed by atoms with Crippen molar-refractivity contribution in [1.29, 1.82) is 0 Å². The molecule has 0 aliphatic heterocycles. The van der Waals surface area contributed by atoms with Crippen LogP contribution in [-0.4, -0.2) is 35.0 Å². The number of carboxylic acids is 1. The topological polar surface area (TPSA) is 92.4 Å². The van der Waals surface area contributed by atoms with Gasteiger partial charge in [0.25, 0.3) is 0 Å². The lowest BCUT2D eigenvalue weighted by Gasteiger charge is -2.05. The van der Waals surface area contributed by atoms with Crippen LogP contribution in [0.4, 0.5) is 0 Å². The van der Waals surface area contributed by atoms with Gasteiger partial charge in [0, 0.05) is 18.8 Å². The predicted molar refractivity (Wildman–Crippen MR) is 71.6 cm³/mol. The number of aromatic carboxylic acids is 1. The van der Waals surface area contributed by atoms with Crippen LogP contribution in [-0.2, 0) is 11.3 Å². The minimum absolute atomic E-state index is 0.0456. The number of rotatable bonds is 7. The van der Waals surface area contributed by atoms with E-state index in [9.17, 15) is 9.59 Å². The summed E-state index contributed by atoms with van der Waals surface area (Å²) in [5.41, 5.74) is 6.43. The van der Waals surface area contributed by atoms with Gasteiger partial charge in [0.1, 0.15) is 0 Å². The molecule has 1 aromatic rings. The Labute approximate surface area is 110 Å². The van der Waals surface area contributed by atoms with Gasteiger partial charge in [-0.05, 0) is 17.7 Å². The van der Waals surface area contributed by atoms with Crippen molar-refractivity contribution in [3.63, 3.8) is 0 Å². The highest BCUT2D eigenvalue weighted by atomic mass is 32.2. The molecule has 1 rings (SSSR count). The van der Waals surface area contributed by atoms with Gasteiger partial charge in [0.15, 0.2) is 0 Å². The third-order valence-corrected chi connectivity index (χ3v) is 3.18. The number of thioether (sulfide) groups is 1. The van der Waals surface area contributed by atoms with Gasteiger partial charge in [-0.1, -0.05) is 12.1 Å². The van der Waals surface area contributed by atoms with E-state index < -0.39 is 5.97 Å². The minimum Gasteiger partial charge on any atom is -0.478 e. The number of hydrogen-bond donors (Lipinski definition) is 3. The average Bonchev–Trinajstić information content (AvgIpc) is 2.37. The third-order valence-electron chi connectivity index (χ3n) is 2.19. The van der Waals surface area contributed by atoms with Gasteiger partial charge < -0.3 is 16.2 Å². The molecule has 0 fully saturated rings. The van der Waals surface area contributed by atoms with E-state index in [0.717, 1.165) is 11.3 Å². The fourth-order valence-corrected chi connectivity index (χ4v) is 1.86. The Morgan fingerprint density at radius 2 is 1.94 bits per heavy atom. The van der Waals surface area contributed by atoms with Crippen LogP contribution >= 0.6 is 11.8 Å². The highest BCUT2D eigenvalue weighted by molar-refractivity contribution is 7.99. The van der Waals surface area contributed by atoms with Crippen LogP contribution in [0.2, 0.25) is 0 Å². The van der Waals surface area contributed by atoms with Gasteiger partial charge in [-0.25, -0.2) is 4.79 Å². The first kappa shape index (κ1) is 14.5. The molecule has 5 nitrogen and oxygen atoms in total. The highest BCUT2D eigenvalue weighted by Crippen LogP contribution is 2.04. The van der Waals surface area contributed by atoms with Crippen LogP contribution in [0.1, 0.15) is 15.9 Å². The molecule has 0 heterocycles. The van der Waals surface area contributed by atoms with Crippen molar-refractivity contribution >= 4 is 23.6 Å². The zero-order chi connectivity index (χ0) is 13.4. The maximum atomic E-state index is 11.4. The molecule has 98 valence electrons. The molecule has 1 aromatic carbocycles. The van der Waals surface area contributed by atoms with E-state index >= 15 is 0 Å². The number of carbonyl (C=O) groups is 2. The zero-order valence-corrected chi connectivity index (χ0v) is 10.7. The fraction of sp³-hybridized carbons (Fsp3) is 0.333. The molecule has 0 saturated carbocycles. The Morgan fingerprint density at radius 1 is 1.28 bits per heavy atom. The van der Waals surface area contributed by atoms with E-state index in [0.29, 0.717) is 18.8 Å². The molecule has 18 heavy (non-hydrogen) atoms. The lowest BCUT2D eigenvalue weighted by atomic mass is 10.1. The molecule has 0 radical (unpaired) electrons. The molecule has 0 atom stereocenters. The van der Waals surface area contributed by atoms with Gasteiger partial charge in [-0.3, -0.25) is 4.79 Å². The lowest BCUT2D eigenvalue weighted by Crippen LogP contribution is -2.25. The van der Waals surface area contributed by atoms with Gasteiger partial charge >= 0.3 is 5.97 Å². The van der Waals surface area contributed by atoms with E-state index in [1.54, 1.807) is 12.1 Å². The second-order valence-electron chi connectivity index (χ2n) is 3.62. The van der Waals surface area contributed by atoms with Gasteiger partial charge in [0.05, 0.1) is 11.3 Å². The summed E-state index contributed by atoms with van der Waals surface area (Å²) in [7, 11) is 0. The zero-order valence-electron chi connectivity index (χ0n) is 9.89. The van der Waals surface area contributed by atoms with Crippen LogP contribution in [0.25, 0.3) is 0 Å². The van der Waals surface area contributed by atoms with Crippen molar-refractivity contribution < 1.29 is 14.7 Å². The molecular formula is C12H16N2O3S. The second-order valence-corrected chi connectivity index (χ2v) is 4.73. The van der Waals surface area contributed by atoms with Crippen molar-refractivity contribution in [2.45, 2.75) is 6.54 Å². The number of hydrogen-bond acceptors (Lipinski definition) is 4. The van der Waals surface area contributed by atoms with Crippen molar-refractivity contribution in [1.82, 2.24) is 5.32 Å². The Hall–Kier alpha value is -1.53. The van der Waals surface area contributed by atoms with Crippen molar-refractivity contribution in [2.75, 3.05) is 18.1 Å². The van der Waals surface area contributed by atoms with E-state index in [1.807, 2.05) is 0 Å². The molecule has 0 aliphatic rings. The van der Waals surface area contributed by atoms with Crippen LogP contribution < -0.4 is 11.1 Å². The number of nitrogens with one attached hydrogen (secondary N) is 1. The summed E-state index contributed by atoms with van der Waals surface area (Å²) < 4.78 is 0. The summed E-state index contributed by atoms with van der Waals surface area (Å²) >= 11 is 1.49. The summed E-state index contributed by atoms with van der Waals surface area (Å²) in [6, 6.07) is 6.42. The van der Waals surface area contributed by atoms with Crippen molar-refractivity contribution in [3.05, 3.63) is 35.4 Å². The summed E-state index contributed by atoms with van der Waals surface area (Å²) in [4.78, 5) is 22.0. The summed E-state index contributed by atoms with van der Waals surface area (Å²) in [5.74, 6) is 0.157. The predicted octanol–water partition coefficient (Wildman–Crippen LogP) is 0.693. The molecule has 1 amide bonds. The van der Waals surface area contributed by atoms with Crippen LogP contribution in [0.5, 0.6) is 0 Å². The van der Waals surface area contributed by atoms with Crippen LogP contribution in [0, 0.1) is 0 Å². The molecule has 6 heteroatoms. The normalized spacial score (nSPS) is 10.1. The number of carboxylic acid groups (broad SMARTS) is 1. The average molecular weight is 268 g/mol. The van der Waals surface area contributed by atoms with E-state index in [4.69, 9.17) is 10.8 Å². The first-order valence-corrected chi connectivity index (χ1v) is 6.65. The van der Waals surface area contributed by atoms with Gasteiger partial charge in [0.2, 0.25) is 5.91 Å². The monoisotopic (exact) mass is 268 g/mol. The standard InChI is InChI=1S/C12H16N2O3S/c13-5-6-18-8-11(15)14-7-9-1-3-10(4-2-9)12(16)17/h1-4H,5-8,13H2,(H,14,15)(H,16,17). The Bertz CT molecular complexity index is 406. The molecule has 0 saturated heterocycles. The lowest BCUT2D eigenvalue weighted by molar-refractivity contribution is -0.118. The minimum atomic E-state index is -0.955. The Kier molecular flexibility index (Phi) is 6.24. The second kappa shape index (κ2) is 7.73. The number of amides is 1. The Morgan fingerprint density at radius 3 is 2.50 bits per heavy atom. The van der Waals surface area contributed by atoms with Crippen molar-refractivity contribution in [2.24, 2.45) is 5.73 Å². The molecule has 0 spiro atoms. The SMILES string of the molecule is NCCSCC(=O)NCc1ccc(C(=O)O)cc1. The van der Waals surface area contributed by atoms with Crippen LogP contribution in [0.3, 0.4) is 0 Å². The summed E-state index contributed by atoms with van der Waals surface area (Å²) in [6.45, 7) is 0.969. The maximum Gasteiger partial charge on any atom is 0.335 e. The molecular weight excluding hydrogens is 252 g/mol. The van der Waals surface area contributed by atoms with Gasteiger partial charge in [-0.2, -0.15) is 11.8 Å². The number of nitrogens with two attached hydrogens (primary N) is 1. The summed E-state index contributed by atoms with van der Waals surface area (Å²) in [6.07, 6.45) is 0. The number of benzene rings is 1. The molecule has 0 aliphatic carbocycles. The highest BCUT2D eigenvalue weighted by Gasteiger charge is 2.03. The molecule has 4 N–H and O–H groups in total. The fourth-order valence-electron chi connectivity index (χ4n) is 1.27. The largest absolute Gasteiger partial charge is 0.478 e. The summed E-state index contributed by atoms with van der Waals surface area (Å²) in [5, 5.41) is 11.5. The van der Waals surface area contributed by atoms with E-state index in [2.05, 4.69) is 5.32 Å². The first-order chi connectivity index (χ1) is 8.63. The third kappa shape index (κ3) is 5.20. The van der Waals surface area contributed by atoms with E-state index in [-0.39, 0.29) is 11.5 Å².